The van der Waals surface area contributed by atoms with Crippen molar-refractivity contribution in [1.82, 2.24) is 4.90 Å². The number of benzene rings is 2. The Bertz CT molecular complexity index is 914. The third-order valence-corrected chi connectivity index (χ3v) is 4.50. The molecular formula is C18H14Cl2N2O4. The molecule has 0 atom stereocenters. The Morgan fingerprint density at radius 1 is 1.15 bits per heavy atom. The van der Waals surface area contributed by atoms with Crippen molar-refractivity contribution in [3.05, 3.63) is 57.6 Å². The standard InChI is InChI=1S/C18H14Cl2N2O4/c1-26-14-6-5-10(19)9-13(14)21-15(23)7-8-22-17(24)11-3-2-4-12(20)16(11)18(22)25/h2-6,9H,7-8H2,1H3,(H,21,23). The molecule has 2 aromatic rings. The van der Waals surface area contributed by atoms with Gasteiger partial charge in [0.25, 0.3) is 11.8 Å². The highest BCUT2D eigenvalue weighted by Gasteiger charge is 2.37. The molecule has 0 unspecified atom stereocenters. The van der Waals surface area contributed by atoms with Crippen molar-refractivity contribution in [2.75, 3.05) is 19.0 Å². The predicted octanol–water partition coefficient (Wildman–Crippen LogP) is 3.63. The van der Waals surface area contributed by atoms with Gasteiger partial charge >= 0.3 is 0 Å². The van der Waals surface area contributed by atoms with Gasteiger partial charge < -0.3 is 10.1 Å². The normalized spacial score (nSPS) is 13.0. The van der Waals surface area contributed by atoms with E-state index in [2.05, 4.69) is 5.32 Å². The molecule has 3 amide bonds. The first-order valence-corrected chi connectivity index (χ1v) is 8.46. The first-order chi connectivity index (χ1) is 12.4. The molecule has 0 aliphatic carbocycles. The second-order valence-electron chi connectivity index (χ2n) is 5.57. The zero-order valence-electron chi connectivity index (χ0n) is 13.7. The molecule has 0 bridgehead atoms. The average Bonchev–Trinajstić information content (AvgIpc) is 2.85. The van der Waals surface area contributed by atoms with E-state index < -0.39 is 11.8 Å². The van der Waals surface area contributed by atoms with E-state index in [9.17, 15) is 14.4 Å². The number of rotatable bonds is 5. The number of nitrogens with zero attached hydrogens (tertiary/aromatic N) is 1. The van der Waals surface area contributed by atoms with Crippen molar-refractivity contribution in [2.45, 2.75) is 6.42 Å². The van der Waals surface area contributed by atoms with Crippen LogP contribution < -0.4 is 10.1 Å². The highest BCUT2D eigenvalue weighted by Crippen LogP contribution is 2.30. The van der Waals surface area contributed by atoms with Crippen LogP contribution in [0.25, 0.3) is 0 Å². The second-order valence-corrected chi connectivity index (χ2v) is 6.41. The quantitative estimate of drug-likeness (QED) is 0.788. The molecule has 26 heavy (non-hydrogen) atoms. The van der Waals surface area contributed by atoms with Crippen molar-refractivity contribution in [3.8, 4) is 5.75 Å². The third kappa shape index (κ3) is 3.38. The summed E-state index contributed by atoms with van der Waals surface area (Å²) < 4.78 is 5.16. The number of ether oxygens (including phenoxy) is 1. The molecule has 0 fully saturated rings. The number of anilines is 1. The van der Waals surface area contributed by atoms with Gasteiger partial charge in [-0.2, -0.15) is 0 Å². The highest BCUT2D eigenvalue weighted by atomic mass is 35.5. The summed E-state index contributed by atoms with van der Waals surface area (Å²) in [5.41, 5.74) is 0.839. The lowest BCUT2D eigenvalue weighted by molar-refractivity contribution is -0.116. The number of hydrogen-bond acceptors (Lipinski definition) is 4. The topological polar surface area (TPSA) is 75.7 Å². The molecule has 0 aromatic heterocycles. The van der Waals surface area contributed by atoms with Crippen LogP contribution in [-0.2, 0) is 4.79 Å². The maximum absolute atomic E-state index is 12.4. The zero-order chi connectivity index (χ0) is 18.8. The van der Waals surface area contributed by atoms with Gasteiger partial charge in [0.15, 0.2) is 0 Å². The van der Waals surface area contributed by atoms with Crippen LogP contribution in [-0.4, -0.2) is 36.3 Å². The minimum absolute atomic E-state index is 0.0581. The minimum atomic E-state index is -0.497. The smallest absolute Gasteiger partial charge is 0.263 e. The van der Waals surface area contributed by atoms with Gasteiger partial charge in [-0.05, 0) is 30.3 Å². The van der Waals surface area contributed by atoms with Crippen molar-refractivity contribution in [1.29, 1.82) is 0 Å². The summed E-state index contributed by atoms with van der Waals surface area (Å²) in [7, 11) is 1.47. The molecule has 0 radical (unpaired) electrons. The number of amides is 3. The Labute approximate surface area is 159 Å². The SMILES string of the molecule is COc1ccc(Cl)cc1NC(=O)CCN1C(=O)c2cccc(Cl)c2C1=O. The van der Waals surface area contributed by atoms with E-state index in [1.165, 1.54) is 7.11 Å². The van der Waals surface area contributed by atoms with Crippen LogP contribution in [0.4, 0.5) is 5.69 Å². The van der Waals surface area contributed by atoms with Crippen LogP contribution in [0.1, 0.15) is 27.1 Å². The van der Waals surface area contributed by atoms with E-state index in [1.807, 2.05) is 0 Å². The van der Waals surface area contributed by atoms with E-state index in [4.69, 9.17) is 27.9 Å². The molecule has 1 aliphatic rings. The van der Waals surface area contributed by atoms with Gasteiger partial charge in [0.1, 0.15) is 5.75 Å². The molecule has 3 rings (SSSR count). The van der Waals surface area contributed by atoms with Gasteiger partial charge in [0.05, 0.1) is 28.9 Å². The lowest BCUT2D eigenvalue weighted by atomic mass is 10.1. The molecule has 0 saturated carbocycles. The molecular weight excluding hydrogens is 379 g/mol. The Kier molecular flexibility index (Phi) is 5.15. The first kappa shape index (κ1) is 18.2. The van der Waals surface area contributed by atoms with Crippen molar-refractivity contribution in [2.24, 2.45) is 0 Å². The fourth-order valence-electron chi connectivity index (χ4n) is 2.70. The Hall–Kier alpha value is -2.57. The van der Waals surface area contributed by atoms with Gasteiger partial charge in [0, 0.05) is 18.0 Å². The maximum Gasteiger partial charge on any atom is 0.263 e. The van der Waals surface area contributed by atoms with Crippen molar-refractivity contribution < 1.29 is 19.1 Å². The average molecular weight is 393 g/mol. The minimum Gasteiger partial charge on any atom is -0.495 e. The molecule has 6 nitrogen and oxygen atoms in total. The molecule has 0 saturated heterocycles. The Balaban J connectivity index is 1.68. The number of nitrogens with one attached hydrogen (secondary N) is 1. The number of fused-ring (bicyclic) bond motifs is 1. The number of halogens is 2. The molecule has 1 N–H and O–H groups in total. The number of carbonyl (C=O) groups is 3. The van der Waals surface area contributed by atoms with Crippen LogP contribution in [0, 0.1) is 0 Å². The van der Waals surface area contributed by atoms with Crippen molar-refractivity contribution in [3.63, 3.8) is 0 Å². The lowest BCUT2D eigenvalue weighted by Gasteiger charge is -2.14. The molecule has 0 spiro atoms. The van der Waals surface area contributed by atoms with Crippen LogP contribution >= 0.6 is 23.2 Å². The van der Waals surface area contributed by atoms with Crippen LogP contribution in [0.3, 0.4) is 0 Å². The Morgan fingerprint density at radius 2 is 1.92 bits per heavy atom. The highest BCUT2D eigenvalue weighted by molar-refractivity contribution is 6.37. The fraction of sp³-hybridized carbons (Fsp3) is 0.167. The molecule has 8 heteroatoms. The van der Waals surface area contributed by atoms with E-state index >= 15 is 0 Å². The van der Waals surface area contributed by atoms with Gasteiger partial charge in [-0.1, -0.05) is 29.3 Å². The van der Waals surface area contributed by atoms with E-state index in [0.717, 1.165) is 4.90 Å². The van der Waals surface area contributed by atoms with Crippen LogP contribution in [0.5, 0.6) is 5.75 Å². The van der Waals surface area contributed by atoms with Gasteiger partial charge in [-0.3, -0.25) is 19.3 Å². The summed E-state index contributed by atoms with van der Waals surface area (Å²) in [6.45, 7) is -0.0581. The monoisotopic (exact) mass is 392 g/mol. The lowest BCUT2D eigenvalue weighted by Crippen LogP contribution is -2.33. The summed E-state index contributed by atoms with van der Waals surface area (Å²) in [6.07, 6.45) is -0.0707. The predicted molar refractivity (Wildman–Crippen MR) is 98.1 cm³/mol. The zero-order valence-corrected chi connectivity index (χ0v) is 15.2. The van der Waals surface area contributed by atoms with Gasteiger partial charge in [-0.15, -0.1) is 0 Å². The number of imide groups is 1. The summed E-state index contributed by atoms with van der Waals surface area (Å²) in [5.74, 6) is -0.882. The Morgan fingerprint density at radius 3 is 2.62 bits per heavy atom. The largest absolute Gasteiger partial charge is 0.495 e. The van der Waals surface area contributed by atoms with Crippen LogP contribution in [0.2, 0.25) is 10.0 Å². The van der Waals surface area contributed by atoms with Crippen LogP contribution in [0.15, 0.2) is 36.4 Å². The molecule has 2 aromatic carbocycles. The van der Waals surface area contributed by atoms with Gasteiger partial charge in [0.2, 0.25) is 5.91 Å². The number of methoxy groups -OCH3 is 1. The summed E-state index contributed by atoms with van der Waals surface area (Å²) in [6, 6.07) is 9.52. The maximum atomic E-state index is 12.4. The van der Waals surface area contributed by atoms with E-state index in [1.54, 1.807) is 36.4 Å². The third-order valence-electron chi connectivity index (χ3n) is 3.95. The summed E-state index contributed by atoms with van der Waals surface area (Å²) in [4.78, 5) is 38.0. The molecule has 134 valence electrons. The summed E-state index contributed by atoms with van der Waals surface area (Å²) >= 11 is 11.9. The summed E-state index contributed by atoms with van der Waals surface area (Å²) in [5, 5.41) is 3.32. The van der Waals surface area contributed by atoms with Gasteiger partial charge in [-0.25, -0.2) is 0 Å². The van der Waals surface area contributed by atoms with Crippen molar-refractivity contribution >= 4 is 46.6 Å². The number of carbonyl (C=O) groups excluding carboxylic acids is 3. The number of hydrogen-bond donors (Lipinski definition) is 1. The molecule has 1 heterocycles. The fourth-order valence-corrected chi connectivity index (χ4v) is 3.13. The molecule has 1 aliphatic heterocycles. The second kappa shape index (κ2) is 7.35. The van der Waals surface area contributed by atoms with E-state index in [0.29, 0.717) is 16.5 Å². The first-order valence-electron chi connectivity index (χ1n) is 7.70. The van der Waals surface area contributed by atoms with E-state index in [-0.39, 0.29) is 35.0 Å².